The minimum absolute atomic E-state index is 0.0595. The first-order valence-electron chi connectivity index (χ1n) is 8.11. The summed E-state index contributed by atoms with van der Waals surface area (Å²) < 4.78 is 0. The average Bonchev–Trinajstić information content (AvgIpc) is 3.29. The fourth-order valence-electron chi connectivity index (χ4n) is 3.35. The number of aromatic hydroxyl groups is 1. The van der Waals surface area contributed by atoms with E-state index in [9.17, 15) is 9.90 Å². The van der Waals surface area contributed by atoms with Gasteiger partial charge in [0.15, 0.2) is 0 Å². The van der Waals surface area contributed by atoms with Gasteiger partial charge in [-0.2, -0.15) is 0 Å². The Labute approximate surface area is 126 Å². The largest absolute Gasteiger partial charge is 0.507 e. The van der Waals surface area contributed by atoms with Gasteiger partial charge in [-0.05, 0) is 72.6 Å². The maximum atomic E-state index is 11.4. The summed E-state index contributed by atoms with van der Waals surface area (Å²) in [5, 5.41) is 13.6. The van der Waals surface area contributed by atoms with Gasteiger partial charge in [-0.3, -0.25) is 4.79 Å². The smallest absolute Gasteiger partial charge is 0.221 e. The molecule has 0 radical (unpaired) electrons. The topological polar surface area (TPSA) is 49.3 Å². The maximum absolute atomic E-state index is 11.4. The number of hydrogen-bond donors (Lipinski definition) is 2. The molecule has 2 fully saturated rings. The molecule has 0 aliphatic heterocycles. The lowest BCUT2D eigenvalue weighted by atomic mass is 9.87. The molecule has 1 amide bonds. The zero-order chi connectivity index (χ0) is 15.1. The van der Waals surface area contributed by atoms with Gasteiger partial charge < -0.3 is 10.4 Å². The third kappa shape index (κ3) is 3.07. The maximum Gasteiger partial charge on any atom is 0.221 e. The van der Waals surface area contributed by atoms with Gasteiger partial charge >= 0.3 is 0 Å². The summed E-state index contributed by atoms with van der Waals surface area (Å²) in [6.07, 6.45) is 4.99. The molecule has 2 aliphatic carbocycles. The number of carbonyl (C=O) groups is 1. The van der Waals surface area contributed by atoms with E-state index in [2.05, 4.69) is 19.2 Å². The summed E-state index contributed by atoms with van der Waals surface area (Å²) in [5.74, 6) is 2.51. The standard InChI is InChI=1S/C18H25NO2/c1-10(13-4-5-13)16-8-15(19-12(3)20)9-17(18(16)21)11(2)14-6-7-14/h8-11,13-14,21H,4-7H2,1-3H3,(H,19,20). The molecule has 2 aliphatic rings. The van der Waals surface area contributed by atoms with E-state index in [1.807, 2.05) is 12.1 Å². The van der Waals surface area contributed by atoms with E-state index < -0.39 is 0 Å². The number of amides is 1. The molecular weight excluding hydrogens is 262 g/mol. The van der Waals surface area contributed by atoms with Crippen LogP contribution in [0.25, 0.3) is 0 Å². The third-order valence-corrected chi connectivity index (χ3v) is 5.13. The molecule has 0 bridgehead atoms. The summed E-state index contributed by atoms with van der Waals surface area (Å²) in [6.45, 7) is 5.91. The molecule has 3 heteroatoms. The first-order chi connectivity index (χ1) is 9.97. The van der Waals surface area contributed by atoms with Crippen LogP contribution >= 0.6 is 0 Å². The number of phenolic OH excluding ortho intramolecular Hbond substituents is 1. The van der Waals surface area contributed by atoms with Gasteiger partial charge in [-0.1, -0.05) is 13.8 Å². The highest BCUT2D eigenvalue weighted by Crippen LogP contribution is 2.50. The van der Waals surface area contributed by atoms with E-state index in [-0.39, 0.29) is 5.91 Å². The van der Waals surface area contributed by atoms with Crippen LogP contribution in [0.3, 0.4) is 0 Å². The normalized spacial score (nSPS) is 20.9. The van der Waals surface area contributed by atoms with Crippen LogP contribution in [-0.2, 0) is 4.79 Å². The molecule has 0 heterocycles. The van der Waals surface area contributed by atoms with E-state index in [1.165, 1.54) is 32.6 Å². The van der Waals surface area contributed by atoms with Crippen molar-refractivity contribution in [2.45, 2.75) is 58.3 Å². The molecule has 21 heavy (non-hydrogen) atoms. The molecule has 0 spiro atoms. The summed E-state index contributed by atoms with van der Waals surface area (Å²) in [6, 6.07) is 3.92. The Bertz CT molecular complexity index is 519. The van der Waals surface area contributed by atoms with Crippen molar-refractivity contribution >= 4 is 11.6 Å². The Kier molecular flexibility index (Phi) is 3.68. The van der Waals surface area contributed by atoms with Crippen molar-refractivity contribution in [2.24, 2.45) is 11.8 Å². The van der Waals surface area contributed by atoms with Gasteiger partial charge in [0.1, 0.15) is 5.75 Å². The number of hydrogen-bond acceptors (Lipinski definition) is 2. The number of anilines is 1. The van der Waals surface area contributed by atoms with Crippen molar-refractivity contribution in [3.8, 4) is 5.75 Å². The van der Waals surface area contributed by atoms with Gasteiger partial charge in [0.25, 0.3) is 0 Å². The second kappa shape index (κ2) is 5.36. The number of phenols is 1. The highest BCUT2D eigenvalue weighted by Gasteiger charge is 2.34. The number of rotatable bonds is 5. The Morgan fingerprint density at radius 3 is 1.86 bits per heavy atom. The quantitative estimate of drug-likeness (QED) is 0.790. The lowest BCUT2D eigenvalue weighted by Crippen LogP contribution is -2.09. The summed E-state index contributed by atoms with van der Waals surface area (Å²) in [4.78, 5) is 11.4. The zero-order valence-corrected chi connectivity index (χ0v) is 13.1. The third-order valence-electron chi connectivity index (χ3n) is 5.13. The van der Waals surface area contributed by atoms with Crippen LogP contribution in [0.15, 0.2) is 12.1 Å². The Hall–Kier alpha value is -1.51. The van der Waals surface area contributed by atoms with Crippen LogP contribution in [-0.4, -0.2) is 11.0 Å². The summed E-state index contributed by atoms with van der Waals surface area (Å²) in [5.41, 5.74) is 2.84. The zero-order valence-electron chi connectivity index (χ0n) is 13.1. The molecule has 2 N–H and O–H groups in total. The second-order valence-corrected chi connectivity index (χ2v) is 6.94. The summed E-state index contributed by atoms with van der Waals surface area (Å²) in [7, 11) is 0. The molecule has 1 aromatic rings. The molecule has 2 unspecified atom stereocenters. The molecule has 3 nitrogen and oxygen atoms in total. The lowest BCUT2D eigenvalue weighted by Gasteiger charge is -2.21. The van der Waals surface area contributed by atoms with E-state index in [4.69, 9.17) is 0 Å². The highest BCUT2D eigenvalue weighted by molar-refractivity contribution is 5.89. The van der Waals surface area contributed by atoms with Crippen molar-refractivity contribution in [2.75, 3.05) is 5.32 Å². The van der Waals surface area contributed by atoms with Crippen molar-refractivity contribution in [1.82, 2.24) is 0 Å². The molecule has 114 valence electrons. The second-order valence-electron chi connectivity index (χ2n) is 6.94. The van der Waals surface area contributed by atoms with Gasteiger partial charge in [-0.15, -0.1) is 0 Å². The van der Waals surface area contributed by atoms with Crippen LogP contribution in [0.1, 0.15) is 69.4 Å². The number of benzene rings is 1. The Morgan fingerprint density at radius 1 is 1.10 bits per heavy atom. The van der Waals surface area contributed by atoms with E-state index in [0.29, 0.717) is 29.4 Å². The van der Waals surface area contributed by atoms with Crippen LogP contribution in [0, 0.1) is 11.8 Å². The van der Waals surface area contributed by atoms with E-state index >= 15 is 0 Å². The Balaban J connectivity index is 1.99. The molecule has 2 atom stereocenters. The van der Waals surface area contributed by atoms with Crippen LogP contribution in [0.5, 0.6) is 5.75 Å². The van der Waals surface area contributed by atoms with Crippen molar-refractivity contribution < 1.29 is 9.90 Å². The minimum atomic E-state index is -0.0595. The van der Waals surface area contributed by atoms with Gasteiger partial charge in [0.2, 0.25) is 5.91 Å². The lowest BCUT2D eigenvalue weighted by molar-refractivity contribution is -0.114. The van der Waals surface area contributed by atoms with Gasteiger partial charge in [0, 0.05) is 12.6 Å². The highest BCUT2D eigenvalue weighted by atomic mass is 16.3. The predicted octanol–water partition coefficient (Wildman–Crippen LogP) is 4.38. The van der Waals surface area contributed by atoms with Crippen LogP contribution < -0.4 is 5.32 Å². The fraction of sp³-hybridized carbons (Fsp3) is 0.611. The summed E-state index contributed by atoms with van der Waals surface area (Å²) >= 11 is 0. The molecular formula is C18H25NO2. The number of nitrogens with one attached hydrogen (secondary N) is 1. The van der Waals surface area contributed by atoms with Crippen molar-refractivity contribution in [3.05, 3.63) is 23.3 Å². The van der Waals surface area contributed by atoms with Gasteiger partial charge in [-0.25, -0.2) is 0 Å². The number of carbonyl (C=O) groups excluding carboxylic acids is 1. The molecule has 0 aromatic heterocycles. The molecule has 1 aromatic carbocycles. The first-order valence-corrected chi connectivity index (χ1v) is 8.11. The SMILES string of the molecule is CC(=O)Nc1cc(C(C)C2CC2)c(O)c(C(C)C2CC2)c1. The van der Waals surface area contributed by atoms with Crippen molar-refractivity contribution in [1.29, 1.82) is 0 Å². The monoisotopic (exact) mass is 287 g/mol. The fourth-order valence-corrected chi connectivity index (χ4v) is 3.35. The molecule has 3 rings (SSSR count). The Morgan fingerprint density at radius 2 is 1.52 bits per heavy atom. The van der Waals surface area contributed by atoms with Crippen molar-refractivity contribution in [3.63, 3.8) is 0 Å². The van der Waals surface area contributed by atoms with E-state index in [1.54, 1.807) is 0 Å². The average molecular weight is 287 g/mol. The minimum Gasteiger partial charge on any atom is -0.507 e. The van der Waals surface area contributed by atoms with Gasteiger partial charge in [0.05, 0.1) is 0 Å². The predicted molar refractivity (Wildman–Crippen MR) is 84.7 cm³/mol. The molecule has 2 saturated carbocycles. The van der Waals surface area contributed by atoms with E-state index in [0.717, 1.165) is 16.8 Å². The first kappa shape index (κ1) is 14.4. The molecule has 0 saturated heterocycles. The van der Waals surface area contributed by atoms with Crippen LogP contribution in [0.2, 0.25) is 0 Å². The van der Waals surface area contributed by atoms with Crippen LogP contribution in [0.4, 0.5) is 5.69 Å².